The minimum atomic E-state index is -0.828. The molecule has 1 aromatic heterocycles. The highest BCUT2D eigenvalue weighted by Gasteiger charge is 2.15. The molecule has 0 radical (unpaired) electrons. The SMILES string of the molecule is CC(C)N(CC(=O)O)Cc1nncn1C. The average Bonchev–Trinajstić information content (AvgIpc) is 2.50. The van der Waals surface area contributed by atoms with Crippen molar-refractivity contribution in [3.8, 4) is 0 Å². The molecule has 15 heavy (non-hydrogen) atoms. The zero-order chi connectivity index (χ0) is 11.4. The molecule has 1 aromatic rings. The molecule has 6 heteroatoms. The van der Waals surface area contributed by atoms with Crippen molar-refractivity contribution in [3.63, 3.8) is 0 Å². The Morgan fingerprint density at radius 2 is 2.33 bits per heavy atom. The maximum Gasteiger partial charge on any atom is 0.317 e. The molecule has 1 heterocycles. The van der Waals surface area contributed by atoms with E-state index in [0.29, 0.717) is 6.54 Å². The summed E-state index contributed by atoms with van der Waals surface area (Å²) in [6.07, 6.45) is 1.61. The topological polar surface area (TPSA) is 71.2 Å². The third kappa shape index (κ3) is 3.32. The Kier molecular flexibility index (Phi) is 3.79. The first-order chi connectivity index (χ1) is 7.00. The molecule has 0 aliphatic heterocycles. The van der Waals surface area contributed by atoms with Crippen LogP contribution in [0.1, 0.15) is 19.7 Å². The number of rotatable bonds is 5. The van der Waals surface area contributed by atoms with Crippen molar-refractivity contribution >= 4 is 5.97 Å². The summed E-state index contributed by atoms with van der Waals surface area (Å²) in [5.74, 6) is -0.0594. The summed E-state index contributed by atoms with van der Waals surface area (Å²) >= 11 is 0. The Bertz CT molecular complexity index is 335. The van der Waals surface area contributed by atoms with Crippen LogP contribution >= 0.6 is 0 Å². The van der Waals surface area contributed by atoms with Gasteiger partial charge in [0, 0.05) is 13.1 Å². The van der Waals surface area contributed by atoms with E-state index in [9.17, 15) is 4.79 Å². The molecule has 1 rings (SSSR count). The lowest BCUT2D eigenvalue weighted by Gasteiger charge is -2.23. The molecule has 84 valence electrons. The van der Waals surface area contributed by atoms with Gasteiger partial charge in [-0.1, -0.05) is 0 Å². The molecule has 0 bridgehead atoms. The molecule has 0 aliphatic rings. The highest BCUT2D eigenvalue weighted by Crippen LogP contribution is 2.04. The first-order valence-corrected chi connectivity index (χ1v) is 4.79. The standard InChI is InChI=1S/C9H16N4O2/c1-7(2)13(5-9(14)15)4-8-11-10-6-12(8)3/h6-7H,4-5H2,1-3H3,(H,14,15). The Hall–Kier alpha value is -1.43. The van der Waals surface area contributed by atoms with Crippen LogP contribution in [0.4, 0.5) is 0 Å². The minimum absolute atomic E-state index is 0.0184. The second-order valence-electron chi connectivity index (χ2n) is 3.75. The van der Waals surface area contributed by atoms with Crippen LogP contribution in [-0.2, 0) is 18.4 Å². The van der Waals surface area contributed by atoms with Crippen molar-refractivity contribution in [3.05, 3.63) is 12.2 Å². The molecular formula is C9H16N4O2. The van der Waals surface area contributed by atoms with Crippen LogP contribution in [0.25, 0.3) is 0 Å². The summed E-state index contributed by atoms with van der Waals surface area (Å²) in [6, 6.07) is 0.165. The fraction of sp³-hybridized carbons (Fsp3) is 0.667. The molecule has 0 spiro atoms. The van der Waals surface area contributed by atoms with Crippen LogP contribution < -0.4 is 0 Å². The van der Waals surface area contributed by atoms with Gasteiger partial charge in [-0.2, -0.15) is 0 Å². The van der Waals surface area contributed by atoms with Crippen LogP contribution in [0.3, 0.4) is 0 Å². The van der Waals surface area contributed by atoms with Crippen LogP contribution in [0, 0.1) is 0 Å². The van der Waals surface area contributed by atoms with Gasteiger partial charge in [-0.25, -0.2) is 0 Å². The van der Waals surface area contributed by atoms with Crippen LogP contribution in [0.2, 0.25) is 0 Å². The maximum atomic E-state index is 10.6. The molecule has 0 aromatic carbocycles. The van der Waals surface area contributed by atoms with Crippen LogP contribution in [0.15, 0.2) is 6.33 Å². The molecule has 0 fully saturated rings. The third-order valence-corrected chi connectivity index (χ3v) is 2.22. The zero-order valence-electron chi connectivity index (χ0n) is 9.21. The molecule has 0 saturated carbocycles. The average molecular weight is 212 g/mol. The number of carboxylic acids is 1. The second-order valence-corrected chi connectivity index (χ2v) is 3.75. The van der Waals surface area contributed by atoms with E-state index in [-0.39, 0.29) is 12.6 Å². The van der Waals surface area contributed by atoms with E-state index in [0.717, 1.165) is 5.82 Å². The Labute approximate surface area is 88.5 Å². The van der Waals surface area contributed by atoms with E-state index in [4.69, 9.17) is 5.11 Å². The van der Waals surface area contributed by atoms with Gasteiger partial charge in [-0.15, -0.1) is 10.2 Å². The van der Waals surface area contributed by atoms with E-state index in [1.165, 1.54) is 0 Å². The van der Waals surface area contributed by atoms with Crippen molar-refractivity contribution in [1.29, 1.82) is 0 Å². The number of aryl methyl sites for hydroxylation is 1. The largest absolute Gasteiger partial charge is 0.480 e. The Balaban J connectivity index is 2.67. The summed E-state index contributed by atoms with van der Waals surface area (Å²) in [7, 11) is 1.84. The molecule has 1 N–H and O–H groups in total. The first-order valence-electron chi connectivity index (χ1n) is 4.79. The maximum absolute atomic E-state index is 10.6. The lowest BCUT2D eigenvalue weighted by atomic mass is 10.3. The normalized spacial score (nSPS) is 11.3. The minimum Gasteiger partial charge on any atom is -0.480 e. The van der Waals surface area contributed by atoms with Gasteiger partial charge in [-0.05, 0) is 13.8 Å². The molecular weight excluding hydrogens is 196 g/mol. The Morgan fingerprint density at radius 3 is 2.73 bits per heavy atom. The second kappa shape index (κ2) is 4.88. The van der Waals surface area contributed by atoms with Crippen molar-refractivity contribution in [2.24, 2.45) is 7.05 Å². The van der Waals surface area contributed by atoms with Gasteiger partial charge < -0.3 is 9.67 Å². The van der Waals surface area contributed by atoms with Gasteiger partial charge in [-0.3, -0.25) is 9.69 Å². The Morgan fingerprint density at radius 1 is 1.67 bits per heavy atom. The van der Waals surface area contributed by atoms with E-state index in [1.807, 2.05) is 25.8 Å². The van der Waals surface area contributed by atoms with Gasteiger partial charge in [0.15, 0.2) is 0 Å². The van der Waals surface area contributed by atoms with Crippen LogP contribution in [0.5, 0.6) is 0 Å². The number of aliphatic carboxylic acids is 1. The third-order valence-electron chi connectivity index (χ3n) is 2.22. The van der Waals surface area contributed by atoms with Gasteiger partial charge in [0.1, 0.15) is 12.2 Å². The quantitative estimate of drug-likeness (QED) is 0.750. The number of hydrogen-bond acceptors (Lipinski definition) is 4. The molecule has 0 unspecified atom stereocenters. The predicted molar refractivity (Wildman–Crippen MR) is 54.2 cm³/mol. The van der Waals surface area contributed by atoms with Crippen molar-refractivity contribution in [1.82, 2.24) is 19.7 Å². The molecule has 0 saturated heterocycles. The van der Waals surface area contributed by atoms with E-state index in [1.54, 1.807) is 10.9 Å². The zero-order valence-corrected chi connectivity index (χ0v) is 9.21. The van der Waals surface area contributed by atoms with Gasteiger partial charge in [0.05, 0.1) is 13.1 Å². The highest BCUT2D eigenvalue weighted by molar-refractivity contribution is 5.69. The molecule has 6 nitrogen and oxygen atoms in total. The van der Waals surface area contributed by atoms with Crippen molar-refractivity contribution in [2.45, 2.75) is 26.4 Å². The van der Waals surface area contributed by atoms with Gasteiger partial charge >= 0.3 is 5.97 Å². The number of hydrogen-bond donors (Lipinski definition) is 1. The lowest BCUT2D eigenvalue weighted by molar-refractivity contribution is -0.139. The highest BCUT2D eigenvalue weighted by atomic mass is 16.4. The van der Waals surface area contributed by atoms with Crippen molar-refractivity contribution in [2.75, 3.05) is 6.54 Å². The summed E-state index contributed by atoms with van der Waals surface area (Å²) in [4.78, 5) is 12.5. The summed E-state index contributed by atoms with van der Waals surface area (Å²) < 4.78 is 1.79. The van der Waals surface area contributed by atoms with Gasteiger partial charge in [0.2, 0.25) is 0 Å². The smallest absolute Gasteiger partial charge is 0.317 e. The summed E-state index contributed by atoms with van der Waals surface area (Å²) in [5.41, 5.74) is 0. The van der Waals surface area contributed by atoms with E-state index in [2.05, 4.69) is 10.2 Å². The molecule has 0 atom stereocenters. The fourth-order valence-corrected chi connectivity index (χ4v) is 1.23. The molecule has 0 aliphatic carbocycles. The molecule has 0 amide bonds. The van der Waals surface area contributed by atoms with E-state index >= 15 is 0 Å². The number of aromatic nitrogens is 3. The fourth-order valence-electron chi connectivity index (χ4n) is 1.23. The van der Waals surface area contributed by atoms with Crippen LogP contribution in [-0.4, -0.2) is 43.3 Å². The lowest BCUT2D eigenvalue weighted by Crippen LogP contribution is -2.35. The summed E-state index contributed by atoms with van der Waals surface area (Å²) in [6.45, 7) is 4.43. The summed E-state index contributed by atoms with van der Waals surface area (Å²) in [5, 5.41) is 16.4. The number of nitrogens with zero attached hydrogens (tertiary/aromatic N) is 4. The number of carbonyl (C=O) groups is 1. The van der Waals surface area contributed by atoms with E-state index < -0.39 is 5.97 Å². The van der Waals surface area contributed by atoms with Crippen molar-refractivity contribution < 1.29 is 9.90 Å². The first kappa shape index (κ1) is 11.6. The monoisotopic (exact) mass is 212 g/mol. The van der Waals surface area contributed by atoms with Gasteiger partial charge in [0.25, 0.3) is 0 Å². The predicted octanol–water partition coefficient (Wildman–Crippen LogP) is 0.110. The number of carboxylic acid groups (broad SMARTS) is 1.